The lowest BCUT2D eigenvalue weighted by Crippen LogP contribution is -2.07. The molecule has 2 aromatic rings. The molecule has 0 aromatic heterocycles. The van der Waals surface area contributed by atoms with Gasteiger partial charge >= 0.3 is 11.9 Å². The standard InChI is InChI=1S/C16H13FO5/c1-9(18)22-15-6-3-10(7-13(15)16(19)20)12-5-4-11(21-2)8-14(12)17/h3-8H,1-2H3,(H,19,20). The number of ether oxygens (including phenoxy) is 2. The maximum absolute atomic E-state index is 14.1. The van der Waals surface area contributed by atoms with E-state index in [4.69, 9.17) is 9.47 Å². The van der Waals surface area contributed by atoms with Crippen LogP contribution in [0.2, 0.25) is 0 Å². The van der Waals surface area contributed by atoms with Gasteiger partial charge in [0.2, 0.25) is 0 Å². The predicted molar refractivity (Wildman–Crippen MR) is 76.7 cm³/mol. The molecule has 114 valence electrons. The summed E-state index contributed by atoms with van der Waals surface area (Å²) in [7, 11) is 1.42. The van der Waals surface area contributed by atoms with Gasteiger partial charge in [0.05, 0.1) is 7.11 Å². The molecule has 6 heteroatoms. The first-order valence-electron chi connectivity index (χ1n) is 6.32. The monoisotopic (exact) mass is 304 g/mol. The zero-order valence-electron chi connectivity index (χ0n) is 11.9. The third-order valence-corrected chi connectivity index (χ3v) is 2.95. The number of carbonyl (C=O) groups excluding carboxylic acids is 1. The Morgan fingerprint density at radius 1 is 1.14 bits per heavy atom. The first kappa shape index (κ1) is 15.5. The van der Waals surface area contributed by atoms with E-state index in [9.17, 15) is 19.1 Å². The Morgan fingerprint density at radius 2 is 1.86 bits per heavy atom. The molecule has 0 aliphatic carbocycles. The molecule has 1 N–H and O–H groups in total. The molecule has 0 saturated carbocycles. The third-order valence-electron chi connectivity index (χ3n) is 2.95. The molecule has 0 aliphatic heterocycles. The molecule has 0 radical (unpaired) electrons. The third kappa shape index (κ3) is 3.22. The van der Waals surface area contributed by atoms with Gasteiger partial charge in [-0.15, -0.1) is 0 Å². The molecule has 0 unspecified atom stereocenters. The van der Waals surface area contributed by atoms with Crippen molar-refractivity contribution in [2.45, 2.75) is 6.92 Å². The van der Waals surface area contributed by atoms with Gasteiger partial charge in [0, 0.05) is 18.6 Å². The summed E-state index contributed by atoms with van der Waals surface area (Å²) >= 11 is 0. The molecule has 0 aliphatic rings. The minimum Gasteiger partial charge on any atom is -0.497 e. The van der Waals surface area contributed by atoms with Crippen LogP contribution < -0.4 is 9.47 Å². The molecule has 0 spiro atoms. The lowest BCUT2D eigenvalue weighted by Gasteiger charge is -2.10. The van der Waals surface area contributed by atoms with Crippen LogP contribution >= 0.6 is 0 Å². The summed E-state index contributed by atoms with van der Waals surface area (Å²) in [5, 5.41) is 9.20. The number of carbonyl (C=O) groups is 2. The van der Waals surface area contributed by atoms with Gasteiger partial charge in [-0.2, -0.15) is 0 Å². The lowest BCUT2D eigenvalue weighted by atomic mass is 10.0. The number of benzene rings is 2. The summed E-state index contributed by atoms with van der Waals surface area (Å²) in [4.78, 5) is 22.2. The number of aromatic carboxylic acids is 1. The second kappa shape index (κ2) is 6.26. The SMILES string of the molecule is COc1ccc(-c2ccc(OC(C)=O)c(C(=O)O)c2)c(F)c1. The highest BCUT2D eigenvalue weighted by atomic mass is 19.1. The molecule has 0 heterocycles. The Balaban J connectivity index is 2.51. The summed E-state index contributed by atoms with van der Waals surface area (Å²) in [6.07, 6.45) is 0. The van der Waals surface area contributed by atoms with Crippen molar-refractivity contribution in [3.63, 3.8) is 0 Å². The molecule has 0 bridgehead atoms. The normalized spacial score (nSPS) is 10.1. The predicted octanol–water partition coefficient (Wildman–Crippen LogP) is 3.12. The van der Waals surface area contributed by atoms with E-state index in [-0.39, 0.29) is 16.9 Å². The largest absolute Gasteiger partial charge is 0.497 e. The van der Waals surface area contributed by atoms with Gasteiger partial charge in [0.15, 0.2) is 0 Å². The van der Waals surface area contributed by atoms with E-state index >= 15 is 0 Å². The molecule has 22 heavy (non-hydrogen) atoms. The van der Waals surface area contributed by atoms with E-state index < -0.39 is 17.8 Å². The van der Waals surface area contributed by atoms with E-state index in [1.54, 1.807) is 6.07 Å². The van der Waals surface area contributed by atoms with Crippen LogP contribution in [0.1, 0.15) is 17.3 Å². The molecule has 2 rings (SSSR count). The van der Waals surface area contributed by atoms with E-state index in [2.05, 4.69) is 0 Å². The van der Waals surface area contributed by atoms with E-state index in [0.717, 1.165) is 0 Å². The van der Waals surface area contributed by atoms with Crippen LogP contribution in [0.15, 0.2) is 36.4 Å². The number of methoxy groups -OCH3 is 1. The summed E-state index contributed by atoms with van der Waals surface area (Å²) in [5.41, 5.74) is 0.356. The molecule has 0 saturated heterocycles. The first-order valence-corrected chi connectivity index (χ1v) is 6.32. The van der Waals surface area contributed by atoms with Crippen LogP contribution in [0.4, 0.5) is 4.39 Å². The summed E-state index contributed by atoms with van der Waals surface area (Å²) in [5.74, 6) is -2.18. The van der Waals surface area contributed by atoms with E-state index in [1.807, 2.05) is 0 Å². The van der Waals surface area contributed by atoms with Crippen molar-refractivity contribution in [2.75, 3.05) is 7.11 Å². The summed E-state index contributed by atoms with van der Waals surface area (Å²) in [6, 6.07) is 8.32. The number of rotatable bonds is 4. The second-order valence-electron chi connectivity index (χ2n) is 4.46. The summed E-state index contributed by atoms with van der Waals surface area (Å²) in [6.45, 7) is 1.17. The number of esters is 1. The Morgan fingerprint density at radius 3 is 2.41 bits per heavy atom. The minimum absolute atomic E-state index is 0.0855. The van der Waals surface area contributed by atoms with Crippen molar-refractivity contribution in [1.29, 1.82) is 0 Å². The van der Waals surface area contributed by atoms with Crippen LogP contribution in [-0.4, -0.2) is 24.2 Å². The van der Waals surface area contributed by atoms with Gasteiger partial charge in [-0.1, -0.05) is 6.07 Å². The fraction of sp³-hybridized carbons (Fsp3) is 0.125. The topological polar surface area (TPSA) is 72.8 Å². The van der Waals surface area contributed by atoms with Crippen LogP contribution in [0.3, 0.4) is 0 Å². The maximum Gasteiger partial charge on any atom is 0.339 e. The molecule has 2 aromatic carbocycles. The molecule has 5 nitrogen and oxygen atoms in total. The van der Waals surface area contributed by atoms with Gasteiger partial charge < -0.3 is 14.6 Å². The van der Waals surface area contributed by atoms with Gasteiger partial charge in [-0.25, -0.2) is 9.18 Å². The van der Waals surface area contributed by atoms with Gasteiger partial charge in [0.1, 0.15) is 22.9 Å². The van der Waals surface area contributed by atoms with Crippen LogP contribution in [0, 0.1) is 5.82 Å². The zero-order valence-corrected chi connectivity index (χ0v) is 11.9. The smallest absolute Gasteiger partial charge is 0.339 e. The van der Waals surface area contributed by atoms with Crippen molar-refractivity contribution >= 4 is 11.9 Å². The Hall–Kier alpha value is -2.89. The van der Waals surface area contributed by atoms with Crippen LogP contribution in [0.5, 0.6) is 11.5 Å². The van der Waals surface area contributed by atoms with Crippen molar-refractivity contribution in [1.82, 2.24) is 0 Å². The van der Waals surface area contributed by atoms with Crippen molar-refractivity contribution in [2.24, 2.45) is 0 Å². The van der Waals surface area contributed by atoms with Gasteiger partial charge in [-0.3, -0.25) is 4.79 Å². The first-order chi connectivity index (χ1) is 10.4. The van der Waals surface area contributed by atoms with Crippen LogP contribution in [0.25, 0.3) is 11.1 Å². The van der Waals surface area contributed by atoms with Crippen molar-refractivity contribution < 1.29 is 28.6 Å². The minimum atomic E-state index is -1.27. The van der Waals surface area contributed by atoms with Gasteiger partial charge in [0.25, 0.3) is 0 Å². The fourth-order valence-electron chi connectivity index (χ4n) is 1.97. The molecule has 0 atom stereocenters. The molecule has 0 fully saturated rings. The number of hydrogen-bond donors (Lipinski definition) is 1. The van der Waals surface area contributed by atoms with Gasteiger partial charge in [-0.05, 0) is 29.8 Å². The van der Waals surface area contributed by atoms with Crippen LogP contribution in [-0.2, 0) is 4.79 Å². The molecular formula is C16H13FO5. The number of halogens is 1. The van der Waals surface area contributed by atoms with Crippen molar-refractivity contribution in [3.05, 3.63) is 47.8 Å². The fourth-order valence-corrected chi connectivity index (χ4v) is 1.97. The Bertz CT molecular complexity index is 739. The average molecular weight is 304 g/mol. The number of carboxylic acid groups (broad SMARTS) is 1. The highest BCUT2D eigenvalue weighted by Gasteiger charge is 2.16. The average Bonchev–Trinajstić information content (AvgIpc) is 2.47. The molecular weight excluding hydrogens is 291 g/mol. The quantitative estimate of drug-likeness (QED) is 0.694. The lowest BCUT2D eigenvalue weighted by molar-refractivity contribution is -0.131. The maximum atomic E-state index is 14.1. The zero-order chi connectivity index (χ0) is 16.3. The number of carboxylic acids is 1. The van der Waals surface area contributed by atoms with E-state index in [0.29, 0.717) is 11.3 Å². The summed E-state index contributed by atoms with van der Waals surface area (Å²) < 4.78 is 23.8. The Kier molecular flexibility index (Phi) is 4.41. The Labute approximate surface area is 125 Å². The molecule has 0 amide bonds. The highest BCUT2D eigenvalue weighted by Crippen LogP contribution is 2.30. The van der Waals surface area contributed by atoms with E-state index in [1.165, 1.54) is 44.4 Å². The second-order valence-corrected chi connectivity index (χ2v) is 4.46. The number of hydrogen-bond acceptors (Lipinski definition) is 4. The highest BCUT2D eigenvalue weighted by molar-refractivity contribution is 5.93. The van der Waals surface area contributed by atoms with Crippen molar-refractivity contribution in [3.8, 4) is 22.6 Å².